The second-order valence-electron chi connectivity index (χ2n) is 9.33. The van der Waals surface area contributed by atoms with Crippen LogP contribution in [-0.2, 0) is 16.3 Å². The molecule has 0 saturated carbocycles. The fourth-order valence-electron chi connectivity index (χ4n) is 4.69. The third-order valence-electron chi connectivity index (χ3n) is 6.84. The minimum Gasteiger partial charge on any atom is -0.497 e. The van der Waals surface area contributed by atoms with Gasteiger partial charge in [-0.3, -0.25) is 0 Å². The summed E-state index contributed by atoms with van der Waals surface area (Å²) in [6.45, 7) is 2.81. The number of benzene rings is 2. The van der Waals surface area contributed by atoms with E-state index in [-0.39, 0.29) is 11.0 Å². The van der Waals surface area contributed by atoms with Crippen LogP contribution in [0.2, 0.25) is 0 Å². The molecule has 200 valence electrons. The van der Waals surface area contributed by atoms with Gasteiger partial charge in [0.25, 0.3) is 0 Å². The highest BCUT2D eigenvalue weighted by Gasteiger charge is 2.23. The number of likely N-dealkylation sites (tertiary alicyclic amines) is 1. The molecule has 1 saturated heterocycles. The SMILES string of the molecule is COc1ccc(CCN2CCC(Oc3ncnc4c3cnn4-c3ccc(S(C)(=O)=O)cc3)CC2)c(OC)c1. The van der Waals surface area contributed by atoms with Gasteiger partial charge in [0.05, 0.1) is 31.0 Å². The van der Waals surface area contributed by atoms with E-state index < -0.39 is 9.84 Å². The quantitative estimate of drug-likeness (QED) is 0.318. The lowest BCUT2D eigenvalue weighted by Gasteiger charge is -2.32. The summed E-state index contributed by atoms with van der Waals surface area (Å²) in [4.78, 5) is 11.5. The number of sulfone groups is 1. The van der Waals surface area contributed by atoms with Crippen LogP contribution < -0.4 is 14.2 Å². The van der Waals surface area contributed by atoms with Crippen molar-refractivity contribution in [2.45, 2.75) is 30.3 Å². The molecule has 0 unspecified atom stereocenters. The molecule has 10 nitrogen and oxygen atoms in total. The van der Waals surface area contributed by atoms with E-state index in [1.807, 2.05) is 12.1 Å². The second-order valence-corrected chi connectivity index (χ2v) is 11.3. The van der Waals surface area contributed by atoms with E-state index in [1.54, 1.807) is 49.4 Å². The Balaban J connectivity index is 1.21. The van der Waals surface area contributed by atoms with Crippen LogP contribution in [-0.4, -0.2) is 79.3 Å². The minimum atomic E-state index is -3.27. The van der Waals surface area contributed by atoms with E-state index in [0.717, 1.165) is 56.0 Å². The summed E-state index contributed by atoms with van der Waals surface area (Å²) in [6.07, 6.45) is 7.08. The summed E-state index contributed by atoms with van der Waals surface area (Å²) in [5, 5.41) is 5.18. The van der Waals surface area contributed by atoms with Gasteiger partial charge in [0, 0.05) is 32.0 Å². The number of rotatable bonds is 9. The normalized spacial score (nSPS) is 15.0. The highest BCUT2D eigenvalue weighted by Crippen LogP contribution is 2.28. The first kappa shape index (κ1) is 25.9. The second kappa shape index (κ2) is 11.0. The topological polar surface area (TPSA) is 109 Å². The zero-order valence-electron chi connectivity index (χ0n) is 21.7. The van der Waals surface area contributed by atoms with Crippen LogP contribution in [0, 0.1) is 0 Å². The van der Waals surface area contributed by atoms with Crippen LogP contribution in [0.5, 0.6) is 17.4 Å². The molecule has 2 aromatic heterocycles. The number of piperidine rings is 1. The van der Waals surface area contributed by atoms with Crippen molar-refractivity contribution in [3.8, 4) is 23.1 Å². The fraction of sp³-hybridized carbons (Fsp3) is 0.370. The molecule has 1 aliphatic heterocycles. The summed E-state index contributed by atoms with van der Waals surface area (Å²) in [5.41, 5.74) is 2.48. The zero-order chi connectivity index (χ0) is 26.7. The van der Waals surface area contributed by atoms with E-state index in [9.17, 15) is 8.42 Å². The highest BCUT2D eigenvalue weighted by atomic mass is 32.2. The predicted molar refractivity (Wildman–Crippen MR) is 143 cm³/mol. The molecule has 3 heterocycles. The van der Waals surface area contributed by atoms with Crippen molar-refractivity contribution in [1.82, 2.24) is 24.6 Å². The van der Waals surface area contributed by atoms with Crippen LogP contribution in [0.25, 0.3) is 16.7 Å². The average molecular weight is 538 g/mol. The summed E-state index contributed by atoms with van der Waals surface area (Å²) in [6, 6.07) is 12.5. The molecule has 4 aromatic rings. The van der Waals surface area contributed by atoms with E-state index >= 15 is 0 Å². The number of hydrogen-bond donors (Lipinski definition) is 0. The summed E-state index contributed by atoms with van der Waals surface area (Å²) < 4.78 is 42.3. The van der Waals surface area contributed by atoms with Crippen molar-refractivity contribution in [3.05, 3.63) is 60.6 Å². The molecule has 0 amide bonds. The molecule has 11 heteroatoms. The average Bonchev–Trinajstić information content (AvgIpc) is 3.37. The van der Waals surface area contributed by atoms with Crippen LogP contribution >= 0.6 is 0 Å². The van der Waals surface area contributed by atoms with Gasteiger partial charge in [-0.1, -0.05) is 6.07 Å². The first-order valence-electron chi connectivity index (χ1n) is 12.4. The lowest BCUT2D eigenvalue weighted by molar-refractivity contribution is 0.0987. The van der Waals surface area contributed by atoms with Crippen LogP contribution in [0.1, 0.15) is 18.4 Å². The Morgan fingerprint density at radius 2 is 1.76 bits per heavy atom. The maximum absolute atomic E-state index is 11.8. The lowest BCUT2D eigenvalue weighted by Crippen LogP contribution is -2.39. The summed E-state index contributed by atoms with van der Waals surface area (Å²) >= 11 is 0. The molecular weight excluding hydrogens is 506 g/mol. The van der Waals surface area contributed by atoms with Crippen LogP contribution in [0.3, 0.4) is 0 Å². The molecular formula is C27H31N5O5S. The molecule has 0 N–H and O–H groups in total. The van der Waals surface area contributed by atoms with E-state index in [2.05, 4.69) is 26.0 Å². The van der Waals surface area contributed by atoms with Crippen molar-refractivity contribution < 1.29 is 22.6 Å². The Kier molecular flexibility index (Phi) is 7.48. The van der Waals surface area contributed by atoms with Gasteiger partial charge in [-0.2, -0.15) is 5.10 Å². The Hall–Kier alpha value is -3.70. The van der Waals surface area contributed by atoms with Gasteiger partial charge >= 0.3 is 0 Å². The number of methoxy groups -OCH3 is 2. The van der Waals surface area contributed by atoms with Crippen molar-refractivity contribution in [2.75, 3.05) is 40.1 Å². The van der Waals surface area contributed by atoms with Gasteiger partial charge in [0.1, 0.15) is 29.3 Å². The van der Waals surface area contributed by atoms with Crippen LogP contribution in [0.4, 0.5) is 0 Å². The molecule has 0 atom stereocenters. The summed E-state index contributed by atoms with van der Waals surface area (Å²) in [5.74, 6) is 2.15. The first-order chi connectivity index (χ1) is 18.4. The standard InChI is InChI=1S/C27H31N5O5S/c1-35-22-7-4-19(25(16-22)36-2)10-13-31-14-11-21(12-15-31)37-27-24-17-30-32(26(24)28-18-29-27)20-5-8-23(9-6-20)38(3,33)34/h4-9,16-18,21H,10-15H2,1-3H3. The molecule has 0 aliphatic carbocycles. The predicted octanol–water partition coefficient (Wildman–Crippen LogP) is 3.32. The molecule has 0 bridgehead atoms. The van der Waals surface area contributed by atoms with Crippen LogP contribution in [0.15, 0.2) is 59.9 Å². The zero-order valence-corrected chi connectivity index (χ0v) is 22.5. The third kappa shape index (κ3) is 5.58. The minimum absolute atomic E-state index is 0.0530. The number of fused-ring (bicyclic) bond motifs is 1. The molecule has 1 fully saturated rings. The highest BCUT2D eigenvalue weighted by molar-refractivity contribution is 7.90. The maximum Gasteiger partial charge on any atom is 0.228 e. The molecule has 38 heavy (non-hydrogen) atoms. The summed E-state index contributed by atoms with van der Waals surface area (Å²) in [7, 11) is 0.0665. The van der Waals surface area contributed by atoms with Gasteiger partial charge in [-0.05, 0) is 55.2 Å². The van der Waals surface area contributed by atoms with Gasteiger partial charge in [-0.15, -0.1) is 0 Å². The Morgan fingerprint density at radius 3 is 2.45 bits per heavy atom. The Labute approximate surface area is 222 Å². The maximum atomic E-state index is 11.8. The van der Waals surface area contributed by atoms with Crippen molar-refractivity contribution in [2.24, 2.45) is 0 Å². The van der Waals surface area contributed by atoms with Crippen molar-refractivity contribution in [3.63, 3.8) is 0 Å². The first-order valence-corrected chi connectivity index (χ1v) is 14.3. The van der Waals surface area contributed by atoms with Gasteiger partial charge < -0.3 is 19.1 Å². The Bertz CT molecular complexity index is 1510. The number of nitrogens with zero attached hydrogens (tertiary/aromatic N) is 5. The fourth-order valence-corrected chi connectivity index (χ4v) is 5.32. The number of ether oxygens (including phenoxy) is 3. The monoisotopic (exact) mass is 537 g/mol. The smallest absolute Gasteiger partial charge is 0.228 e. The van der Waals surface area contributed by atoms with Gasteiger partial charge in [0.15, 0.2) is 15.5 Å². The molecule has 0 spiro atoms. The number of hydrogen-bond acceptors (Lipinski definition) is 9. The number of aromatic nitrogens is 4. The molecule has 1 aliphatic rings. The van der Waals surface area contributed by atoms with E-state index in [4.69, 9.17) is 14.2 Å². The third-order valence-corrected chi connectivity index (χ3v) is 7.97. The lowest BCUT2D eigenvalue weighted by atomic mass is 10.1. The largest absolute Gasteiger partial charge is 0.497 e. The Morgan fingerprint density at radius 1 is 1.00 bits per heavy atom. The van der Waals surface area contributed by atoms with Gasteiger partial charge in [-0.25, -0.2) is 23.1 Å². The van der Waals surface area contributed by atoms with Gasteiger partial charge in [0.2, 0.25) is 5.88 Å². The molecule has 0 radical (unpaired) electrons. The van der Waals surface area contributed by atoms with E-state index in [0.29, 0.717) is 22.6 Å². The van der Waals surface area contributed by atoms with E-state index in [1.165, 1.54) is 12.6 Å². The molecule has 5 rings (SSSR count). The van der Waals surface area contributed by atoms with Crippen molar-refractivity contribution in [1.29, 1.82) is 0 Å². The molecule has 2 aromatic carbocycles. The van der Waals surface area contributed by atoms with Crippen molar-refractivity contribution >= 4 is 20.9 Å².